The van der Waals surface area contributed by atoms with Crippen LogP contribution in [-0.4, -0.2) is 31.9 Å². The lowest BCUT2D eigenvalue weighted by Gasteiger charge is -2.28. The van der Waals surface area contributed by atoms with Crippen LogP contribution in [0.25, 0.3) is 0 Å². The molecule has 0 spiro atoms. The molecular weight excluding hydrogens is 390 g/mol. The van der Waals surface area contributed by atoms with Gasteiger partial charge in [0.25, 0.3) is 0 Å². The lowest BCUT2D eigenvalue weighted by Crippen LogP contribution is -2.37. The molecule has 3 aromatic rings. The van der Waals surface area contributed by atoms with Gasteiger partial charge in [-0.3, -0.25) is 4.98 Å². The highest BCUT2D eigenvalue weighted by Gasteiger charge is 2.56. The molecule has 0 atom stereocenters. The zero-order valence-electron chi connectivity index (χ0n) is 15.2. The third-order valence-electron chi connectivity index (χ3n) is 5.54. The van der Waals surface area contributed by atoms with Crippen LogP contribution >= 0.6 is 22.7 Å². The van der Waals surface area contributed by atoms with Crippen LogP contribution in [0.1, 0.15) is 31.4 Å². The Labute approximate surface area is 170 Å². The molecule has 4 heterocycles. The Kier molecular flexibility index (Phi) is 4.39. The van der Waals surface area contributed by atoms with Gasteiger partial charge in [-0.25, -0.2) is 0 Å². The Bertz CT molecular complexity index is 972. The predicted molar refractivity (Wildman–Crippen MR) is 111 cm³/mol. The van der Waals surface area contributed by atoms with E-state index in [4.69, 9.17) is 10.7 Å². The Morgan fingerprint density at radius 2 is 1.82 bits per heavy atom. The summed E-state index contributed by atoms with van der Waals surface area (Å²) in [4.78, 5) is 4.70. The van der Waals surface area contributed by atoms with Crippen molar-refractivity contribution < 1.29 is 0 Å². The van der Waals surface area contributed by atoms with Crippen molar-refractivity contribution in [3.8, 4) is 0 Å². The summed E-state index contributed by atoms with van der Waals surface area (Å²) in [5.74, 6) is 0. The predicted octanol–water partition coefficient (Wildman–Crippen LogP) is 3.68. The second-order valence-electron chi connectivity index (χ2n) is 7.03. The van der Waals surface area contributed by atoms with Crippen molar-refractivity contribution in [3.63, 3.8) is 0 Å². The van der Waals surface area contributed by atoms with E-state index in [9.17, 15) is 0 Å². The average Bonchev–Trinajstić information content (AvgIpc) is 3.18. The van der Waals surface area contributed by atoms with E-state index in [1.54, 1.807) is 11.0 Å². The maximum atomic E-state index is 5.90. The standard InChI is InChI=1S/C19H20N7S2/c20-9-3-4-15-14(19(7-8-19)16-5-1-2-10-21-16)6-11-26(15,17-24-22-12-27-17)18-25-23-13-28-18/h1-2,5-6,10-13H,3-4,7-9,20H2/q+1. The molecule has 1 saturated carbocycles. The zero-order valence-corrected chi connectivity index (χ0v) is 16.9. The van der Waals surface area contributed by atoms with Crippen molar-refractivity contribution >= 4 is 32.9 Å². The molecule has 3 aromatic heterocycles. The summed E-state index contributed by atoms with van der Waals surface area (Å²) < 4.78 is 0.374. The van der Waals surface area contributed by atoms with Crippen LogP contribution in [0, 0.1) is 0 Å². The van der Waals surface area contributed by atoms with E-state index in [1.807, 2.05) is 12.3 Å². The first kappa shape index (κ1) is 17.7. The monoisotopic (exact) mass is 410 g/mol. The van der Waals surface area contributed by atoms with Crippen molar-refractivity contribution in [2.24, 2.45) is 5.73 Å². The normalized spacial score (nSPS) is 19.3. The molecule has 0 saturated heterocycles. The number of nitrogens with two attached hydrogens (primary N) is 1. The molecule has 9 heteroatoms. The highest BCUT2D eigenvalue weighted by Crippen LogP contribution is 2.59. The third-order valence-corrected chi connectivity index (χ3v) is 7.10. The highest BCUT2D eigenvalue weighted by molar-refractivity contribution is 7.15. The van der Waals surface area contributed by atoms with Crippen LogP contribution in [0.5, 0.6) is 0 Å². The van der Waals surface area contributed by atoms with Gasteiger partial charge < -0.3 is 5.73 Å². The molecular formula is C19H20N7S2+. The summed E-state index contributed by atoms with van der Waals surface area (Å²) in [7, 11) is 0. The number of quaternary nitrogens is 1. The molecule has 1 aliphatic heterocycles. The minimum Gasteiger partial charge on any atom is -0.330 e. The van der Waals surface area contributed by atoms with Crippen LogP contribution in [0.3, 0.4) is 0 Å². The molecule has 1 aliphatic carbocycles. The zero-order chi connectivity index (χ0) is 19.0. The topological polar surface area (TPSA) is 90.5 Å². The number of aromatic nitrogens is 5. The maximum absolute atomic E-state index is 5.90. The maximum Gasteiger partial charge on any atom is 0.323 e. The number of hydrogen-bond acceptors (Lipinski definition) is 8. The van der Waals surface area contributed by atoms with Gasteiger partial charge in [-0.1, -0.05) is 16.3 Å². The van der Waals surface area contributed by atoms with Crippen LogP contribution in [-0.2, 0) is 5.41 Å². The Hall–Kier alpha value is -2.33. The first-order valence-corrected chi connectivity index (χ1v) is 11.0. The van der Waals surface area contributed by atoms with E-state index in [2.05, 4.69) is 44.8 Å². The van der Waals surface area contributed by atoms with E-state index < -0.39 is 0 Å². The fourth-order valence-electron chi connectivity index (χ4n) is 4.10. The molecule has 142 valence electrons. The molecule has 0 bridgehead atoms. The largest absolute Gasteiger partial charge is 0.330 e. The molecule has 0 unspecified atom stereocenters. The molecule has 0 amide bonds. The first-order valence-electron chi connectivity index (χ1n) is 9.28. The van der Waals surface area contributed by atoms with Crippen molar-refractivity contribution in [1.82, 2.24) is 29.9 Å². The van der Waals surface area contributed by atoms with E-state index in [0.29, 0.717) is 11.0 Å². The fraction of sp³-hybridized carbons (Fsp3) is 0.316. The van der Waals surface area contributed by atoms with Gasteiger partial charge in [-0.2, -0.15) is 0 Å². The molecule has 5 rings (SSSR count). The minimum atomic E-state index is -0.0307. The number of rotatable bonds is 7. The van der Waals surface area contributed by atoms with Gasteiger partial charge in [0.1, 0.15) is 22.9 Å². The number of hydrogen-bond donors (Lipinski definition) is 1. The molecule has 7 nitrogen and oxygen atoms in total. The minimum absolute atomic E-state index is 0.0307. The molecule has 2 N–H and O–H groups in total. The van der Waals surface area contributed by atoms with Crippen LogP contribution in [0.2, 0.25) is 0 Å². The quantitative estimate of drug-likeness (QED) is 0.598. The second kappa shape index (κ2) is 6.93. The third kappa shape index (κ3) is 2.58. The lowest BCUT2D eigenvalue weighted by molar-refractivity contribution is 0.556. The first-order chi connectivity index (χ1) is 13.8. The summed E-state index contributed by atoms with van der Waals surface area (Å²) >= 11 is 3.08. The SMILES string of the molecule is NCCCC1=C(C2(c3ccccn3)CC2)C=C[N+]1(c1nncs1)c1nncs1. The van der Waals surface area contributed by atoms with Gasteiger partial charge in [0.2, 0.25) is 0 Å². The average molecular weight is 411 g/mol. The number of pyridine rings is 1. The van der Waals surface area contributed by atoms with Crippen LogP contribution < -0.4 is 10.2 Å². The number of nitrogens with zero attached hydrogens (tertiary/aromatic N) is 6. The molecule has 0 radical (unpaired) electrons. The fourth-order valence-corrected chi connectivity index (χ4v) is 5.57. The second-order valence-corrected chi connectivity index (χ2v) is 8.65. The van der Waals surface area contributed by atoms with Crippen molar-refractivity contribution in [2.45, 2.75) is 31.1 Å². The molecule has 2 aliphatic rings. The van der Waals surface area contributed by atoms with Gasteiger partial charge >= 0.3 is 10.3 Å². The summed E-state index contributed by atoms with van der Waals surface area (Å²) in [6.45, 7) is 0.638. The van der Waals surface area contributed by atoms with E-state index in [-0.39, 0.29) is 5.41 Å². The highest BCUT2D eigenvalue weighted by atomic mass is 32.1. The Balaban J connectivity index is 1.72. The number of allylic oxidation sites excluding steroid dienone is 3. The van der Waals surface area contributed by atoms with Crippen LogP contribution in [0.15, 0.2) is 59.0 Å². The molecule has 28 heavy (non-hydrogen) atoms. The van der Waals surface area contributed by atoms with E-state index in [0.717, 1.165) is 41.6 Å². The van der Waals surface area contributed by atoms with E-state index in [1.165, 1.54) is 33.9 Å². The van der Waals surface area contributed by atoms with Gasteiger partial charge in [0.15, 0.2) is 0 Å². The van der Waals surface area contributed by atoms with Gasteiger partial charge in [0, 0.05) is 29.7 Å². The van der Waals surface area contributed by atoms with Gasteiger partial charge in [-0.05, 0) is 60.6 Å². The van der Waals surface area contributed by atoms with Crippen molar-refractivity contribution in [2.75, 3.05) is 6.54 Å². The van der Waals surface area contributed by atoms with Crippen molar-refractivity contribution in [3.05, 3.63) is 64.7 Å². The Morgan fingerprint density at radius 1 is 1.07 bits per heavy atom. The molecule has 0 aromatic carbocycles. The van der Waals surface area contributed by atoms with Crippen molar-refractivity contribution in [1.29, 1.82) is 0 Å². The lowest BCUT2D eigenvalue weighted by atomic mass is 9.89. The summed E-state index contributed by atoms with van der Waals surface area (Å²) in [5.41, 5.74) is 13.1. The summed E-state index contributed by atoms with van der Waals surface area (Å²) in [6.07, 6.45) is 10.3. The Morgan fingerprint density at radius 3 is 2.36 bits per heavy atom. The summed E-state index contributed by atoms with van der Waals surface area (Å²) in [6, 6.07) is 6.17. The van der Waals surface area contributed by atoms with Gasteiger partial charge in [0.05, 0.1) is 5.69 Å². The van der Waals surface area contributed by atoms with Gasteiger partial charge in [-0.15, -0.1) is 14.7 Å². The molecule has 1 fully saturated rings. The van der Waals surface area contributed by atoms with Crippen LogP contribution in [0.4, 0.5) is 10.3 Å². The van der Waals surface area contributed by atoms with E-state index >= 15 is 0 Å². The summed E-state index contributed by atoms with van der Waals surface area (Å²) in [5, 5.41) is 18.9. The smallest absolute Gasteiger partial charge is 0.323 e.